The van der Waals surface area contributed by atoms with Gasteiger partial charge in [0.25, 0.3) is 0 Å². The van der Waals surface area contributed by atoms with Crippen LogP contribution >= 0.6 is 0 Å². The number of aromatic nitrogens is 3. The van der Waals surface area contributed by atoms with E-state index in [1.807, 2.05) is 31.4 Å². The van der Waals surface area contributed by atoms with Crippen molar-refractivity contribution in [1.82, 2.24) is 14.8 Å². The van der Waals surface area contributed by atoms with Crippen LogP contribution in [0.4, 0.5) is 5.82 Å². The first-order valence-corrected chi connectivity index (χ1v) is 8.05. The number of nitrogen functional groups attached to an aromatic ring is 1. The van der Waals surface area contributed by atoms with E-state index in [1.54, 1.807) is 18.9 Å². The molecule has 1 aromatic carbocycles. The van der Waals surface area contributed by atoms with E-state index in [9.17, 15) is 5.26 Å². The molecule has 0 radical (unpaired) electrons. The summed E-state index contributed by atoms with van der Waals surface area (Å²) in [5.74, 6) is 1.49. The summed E-state index contributed by atoms with van der Waals surface area (Å²) in [5.41, 5.74) is 11.6. The molecular weight excluding hydrogens is 330 g/mol. The highest BCUT2D eigenvalue weighted by atomic mass is 16.5. The molecule has 0 saturated heterocycles. The minimum absolute atomic E-state index is 0.203. The van der Waals surface area contributed by atoms with Crippen molar-refractivity contribution in [2.45, 2.75) is 6.42 Å². The molecule has 2 heterocycles. The second kappa shape index (κ2) is 5.77. The number of methoxy groups -OCH3 is 2. The van der Waals surface area contributed by atoms with Gasteiger partial charge in [-0.3, -0.25) is 4.68 Å². The van der Waals surface area contributed by atoms with Crippen LogP contribution in [0.15, 0.2) is 24.4 Å². The summed E-state index contributed by atoms with van der Waals surface area (Å²) < 4.78 is 12.5. The largest absolute Gasteiger partial charge is 0.493 e. The molecule has 1 aliphatic rings. The fourth-order valence-corrected chi connectivity index (χ4v) is 3.46. The van der Waals surface area contributed by atoms with E-state index in [-0.39, 0.29) is 5.82 Å². The van der Waals surface area contributed by atoms with Crippen LogP contribution in [-0.2, 0) is 13.5 Å². The third-order valence-electron chi connectivity index (χ3n) is 4.64. The van der Waals surface area contributed by atoms with Gasteiger partial charge in [0.1, 0.15) is 17.5 Å². The summed E-state index contributed by atoms with van der Waals surface area (Å²) in [7, 11) is 5.04. The van der Waals surface area contributed by atoms with Crippen molar-refractivity contribution in [2.24, 2.45) is 7.05 Å². The number of nitrogens with two attached hydrogens (primary N) is 1. The highest BCUT2D eigenvalue weighted by molar-refractivity contribution is 5.88. The van der Waals surface area contributed by atoms with Gasteiger partial charge in [-0.15, -0.1) is 0 Å². The van der Waals surface area contributed by atoms with Gasteiger partial charge in [0.05, 0.1) is 25.6 Å². The van der Waals surface area contributed by atoms with Crippen LogP contribution in [0, 0.1) is 11.3 Å². The first-order valence-electron chi connectivity index (χ1n) is 8.05. The predicted octanol–water partition coefficient (Wildman–Crippen LogP) is 2.52. The quantitative estimate of drug-likeness (QED) is 0.611. The molecule has 3 aromatic rings. The Kier molecular flexibility index (Phi) is 3.55. The summed E-state index contributed by atoms with van der Waals surface area (Å²) in [5, 5.41) is 14.1. The van der Waals surface area contributed by atoms with Gasteiger partial charge in [-0.1, -0.05) is 0 Å². The van der Waals surface area contributed by atoms with Crippen molar-refractivity contribution in [2.75, 3.05) is 20.0 Å². The average molecular weight is 347 g/mol. The van der Waals surface area contributed by atoms with Gasteiger partial charge >= 0.3 is 0 Å². The average Bonchev–Trinajstić information content (AvgIpc) is 3.22. The number of hydrogen-bond donors (Lipinski definition) is 1. The molecule has 0 bridgehead atoms. The van der Waals surface area contributed by atoms with Crippen LogP contribution in [0.3, 0.4) is 0 Å². The second-order valence-corrected chi connectivity index (χ2v) is 6.10. The first kappa shape index (κ1) is 16.0. The molecule has 4 rings (SSSR count). The zero-order valence-electron chi connectivity index (χ0n) is 14.7. The number of fused-ring (bicyclic) bond motifs is 3. The van der Waals surface area contributed by atoms with E-state index in [1.165, 1.54) is 0 Å². The van der Waals surface area contributed by atoms with Gasteiger partial charge in [0, 0.05) is 30.8 Å². The van der Waals surface area contributed by atoms with E-state index in [0.29, 0.717) is 29.2 Å². The molecule has 2 N–H and O–H groups in total. The van der Waals surface area contributed by atoms with Crippen molar-refractivity contribution in [3.63, 3.8) is 0 Å². The van der Waals surface area contributed by atoms with Gasteiger partial charge in [0.15, 0.2) is 11.5 Å². The van der Waals surface area contributed by atoms with E-state index < -0.39 is 0 Å². The Hall–Kier alpha value is -3.53. The third kappa shape index (κ3) is 2.19. The van der Waals surface area contributed by atoms with Crippen molar-refractivity contribution in [1.29, 1.82) is 5.26 Å². The van der Waals surface area contributed by atoms with Crippen molar-refractivity contribution in [3.05, 3.63) is 41.1 Å². The Labute approximate surface area is 150 Å². The number of pyridine rings is 1. The van der Waals surface area contributed by atoms with Gasteiger partial charge in [-0.25, -0.2) is 4.98 Å². The van der Waals surface area contributed by atoms with Crippen LogP contribution in [0.25, 0.3) is 22.5 Å². The fraction of sp³-hybridized carbons (Fsp3) is 0.211. The molecule has 0 saturated carbocycles. The molecule has 7 heteroatoms. The normalized spacial score (nSPS) is 11.6. The standard InChI is InChI=1S/C19H17N5O2/c1-24-5-4-14(23-24)17-12-6-10-7-15(25-2)16(26-3)8-11(10)18(12)22-19(21)13(17)9-20/h4-5,7-8H,6H2,1-3H3,(H2,21,22). The summed E-state index contributed by atoms with van der Waals surface area (Å²) in [6.07, 6.45) is 2.46. The molecule has 0 spiro atoms. The minimum Gasteiger partial charge on any atom is -0.493 e. The molecule has 0 unspecified atom stereocenters. The summed E-state index contributed by atoms with van der Waals surface area (Å²) in [6.45, 7) is 0. The molecule has 0 fully saturated rings. The fourth-order valence-electron chi connectivity index (χ4n) is 3.46. The summed E-state index contributed by atoms with van der Waals surface area (Å²) >= 11 is 0. The Morgan fingerprint density at radius 3 is 2.58 bits per heavy atom. The van der Waals surface area contributed by atoms with Crippen LogP contribution in [0.5, 0.6) is 11.5 Å². The maximum Gasteiger partial charge on any atom is 0.161 e. The number of nitriles is 1. The summed E-state index contributed by atoms with van der Waals surface area (Å²) in [4.78, 5) is 4.51. The summed E-state index contributed by atoms with van der Waals surface area (Å²) in [6, 6.07) is 7.91. The van der Waals surface area contributed by atoms with E-state index in [4.69, 9.17) is 15.2 Å². The van der Waals surface area contributed by atoms with Crippen LogP contribution < -0.4 is 15.2 Å². The molecule has 2 aromatic heterocycles. The van der Waals surface area contributed by atoms with E-state index in [0.717, 1.165) is 27.9 Å². The highest BCUT2D eigenvalue weighted by Gasteiger charge is 2.29. The molecule has 7 nitrogen and oxygen atoms in total. The number of rotatable bonds is 3. The lowest BCUT2D eigenvalue weighted by Crippen LogP contribution is -2.03. The van der Waals surface area contributed by atoms with Crippen molar-refractivity contribution < 1.29 is 9.47 Å². The van der Waals surface area contributed by atoms with Crippen LogP contribution in [0.2, 0.25) is 0 Å². The molecule has 26 heavy (non-hydrogen) atoms. The molecular formula is C19H17N5O2. The van der Waals surface area contributed by atoms with Crippen molar-refractivity contribution >= 4 is 5.82 Å². The number of benzene rings is 1. The smallest absolute Gasteiger partial charge is 0.161 e. The van der Waals surface area contributed by atoms with Gasteiger partial charge < -0.3 is 15.2 Å². The number of nitrogens with zero attached hydrogens (tertiary/aromatic N) is 4. The van der Waals surface area contributed by atoms with Gasteiger partial charge in [-0.2, -0.15) is 10.4 Å². The number of aryl methyl sites for hydroxylation is 1. The maximum atomic E-state index is 9.64. The van der Waals surface area contributed by atoms with E-state index >= 15 is 0 Å². The lowest BCUT2D eigenvalue weighted by molar-refractivity contribution is 0.355. The van der Waals surface area contributed by atoms with Gasteiger partial charge in [0.2, 0.25) is 0 Å². The number of hydrogen-bond acceptors (Lipinski definition) is 6. The molecule has 0 atom stereocenters. The first-order chi connectivity index (χ1) is 12.6. The van der Waals surface area contributed by atoms with Crippen molar-refractivity contribution in [3.8, 4) is 40.1 Å². The van der Waals surface area contributed by atoms with Crippen LogP contribution in [-0.4, -0.2) is 29.0 Å². The monoisotopic (exact) mass is 347 g/mol. The Morgan fingerprint density at radius 1 is 1.23 bits per heavy atom. The van der Waals surface area contributed by atoms with Gasteiger partial charge in [-0.05, 0) is 29.3 Å². The zero-order chi connectivity index (χ0) is 18.4. The number of ether oxygens (including phenoxy) is 2. The van der Waals surface area contributed by atoms with Crippen LogP contribution in [0.1, 0.15) is 16.7 Å². The lowest BCUT2D eigenvalue weighted by Gasteiger charge is -2.11. The third-order valence-corrected chi connectivity index (χ3v) is 4.64. The molecule has 1 aliphatic carbocycles. The Morgan fingerprint density at radius 2 is 1.96 bits per heavy atom. The SMILES string of the molecule is COc1cc2c(cc1OC)-c1nc(N)c(C#N)c(-c3ccn(C)n3)c1C2. The van der Waals surface area contributed by atoms with E-state index in [2.05, 4.69) is 16.2 Å². The topological polar surface area (TPSA) is 99.0 Å². The molecule has 0 aliphatic heterocycles. The lowest BCUT2D eigenvalue weighted by atomic mass is 9.98. The number of anilines is 1. The Bertz CT molecular complexity index is 1080. The minimum atomic E-state index is 0.203. The Balaban J connectivity index is 2.01. The zero-order valence-corrected chi connectivity index (χ0v) is 14.7. The molecule has 0 amide bonds. The second-order valence-electron chi connectivity index (χ2n) is 6.10. The highest BCUT2D eigenvalue weighted by Crippen LogP contribution is 2.46. The predicted molar refractivity (Wildman–Crippen MR) is 96.9 cm³/mol. The molecule has 130 valence electrons. The maximum absolute atomic E-state index is 9.64.